The predicted molar refractivity (Wildman–Crippen MR) is 61.4 cm³/mol. The number of aliphatic hydroxyl groups excluding tert-OH is 1. The van der Waals surface area contributed by atoms with E-state index in [2.05, 4.69) is 4.98 Å². The summed E-state index contributed by atoms with van der Waals surface area (Å²) in [5.41, 5.74) is 1.87. The Bertz CT molecular complexity index is 466. The van der Waals surface area contributed by atoms with Crippen molar-refractivity contribution in [1.82, 2.24) is 4.98 Å². The van der Waals surface area contributed by atoms with Crippen molar-refractivity contribution >= 4 is 0 Å². The van der Waals surface area contributed by atoms with Crippen LogP contribution in [0.25, 0.3) is 0 Å². The zero-order chi connectivity index (χ0) is 11.4. The van der Waals surface area contributed by atoms with Gasteiger partial charge in [0, 0.05) is 18.0 Å². The van der Waals surface area contributed by atoms with Gasteiger partial charge in [-0.1, -0.05) is 17.7 Å². The molecule has 3 nitrogen and oxygen atoms in total. The maximum atomic E-state index is 9.12. The Labute approximate surface area is 94.3 Å². The summed E-state index contributed by atoms with van der Waals surface area (Å²) in [6, 6.07) is 9.50. The van der Waals surface area contributed by atoms with Crippen LogP contribution >= 0.6 is 0 Å². The van der Waals surface area contributed by atoms with Crippen LogP contribution in [0.1, 0.15) is 11.1 Å². The summed E-state index contributed by atoms with van der Waals surface area (Å²) in [6.07, 6.45) is 3.24. The molecule has 1 aromatic carbocycles. The summed E-state index contributed by atoms with van der Waals surface area (Å²) >= 11 is 0. The molecule has 0 aliphatic rings. The molecule has 0 unspecified atom stereocenters. The molecule has 1 heterocycles. The minimum absolute atomic E-state index is 0.0744. The van der Waals surface area contributed by atoms with Crippen molar-refractivity contribution in [2.45, 2.75) is 13.5 Å². The highest BCUT2D eigenvalue weighted by Gasteiger charge is 2.03. The molecule has 0 spiro atoms. The number of ether oxygens (including phenoxy) is 1. The number of hydrogen-bond acceptors (Lipinski definition) is 3. The van der Waals surface area contributed by atoms with Crippen LogP contribution in [0, 0.1) is 6.92 Å². The molecular formula is C13H13NO2. The lowest BCUT2D eigenvalue weighted by atomic mass is 10.2. The van der Waals surface area contributed by atoms with Gasteiger partial charge in [0.1, 0.15) is 11.5 Å². The van der Waals surface area contributed by atoms with E-state index < -0.39 is 0 Å². The highest BCUT2D eigenvalue weighted by molar-refractivity contribution is 5.36. The maximum Gasteiger partial charge on any atom is 0.136 e. The third-order valence-corrected chi connectivity index (χ3v) is 2.28. The van der Waals surface area contributed by atoms with E-state index in [1.54, 1.807) is 18.5 Å². The smallest absolute Gasteiger partial charge is 0.136 e. The minimum atomic E-state index is -0.0744. The standard InChI is InChI=1S/C13H13NO2/c1-10-2-4-12(5-3-10)16-13-6-7-14-8-11(13)9-15/h2-8,15H,9H2,1H3. The normalized spacial score (nSPS) is 10.1. The third-order valence-electron chi connectivity index (χ3n) is 2.28. The lowest BCUT2D eigenvalue weighted by Gasteiger charge is -2.08. The first kappa shape index (κ1) is 10.6. The summed E-state index contributed by atoms with van der Waals surface area (Å²) in [5.74, 6) is 1.40. The number of pyridine rings is 1. The van der Waals surface area contributed by atoms with Crippen molar-refractivity contribution in [1.29, 1.82) is 0 Å². The fourth-order valence-electron chi connectivity index (χ4n) is 1.37. The van der Waals surface area contributed by atoms with Gasteiger partial charge >= 0.3 is 0 Å². The van der Waals surface area contributed by atoms with Crippen molar-refractivity contribution in [2.24, 2.45) is 0 Å². The molecule has 0 aliphatic heterocycles. The van der Waals surface area contributed by atoms with Crippen LogP contribution in [0.5, 0.6) is 11.5 Å². The van der Waals surface area contributed by atoms with Gasteiger partial charge in [0.25, 0.3) is 0 Å². The fraction of sp³-hybridized carbons (Fsp3) is 0.154. The van der Waals surface area contributed by atoms with Gasteiger partial charge in [0.2, 0.25) is 0 Å². The average molecular weight is 215 g/mol. The van der Waals surface area contributed by atoms with Gasteiger partial charge in [-0.3, -0.25) is 4.98 Å². The molecule has 0 saturated carbocycles. The molecule has 0 aliphatic carbocycles. The molecule has 3 heteroatoms. The summed E-state index contributed by atoms with van der Waals surface area (Å²) in [6.45, 7) is 1.95. The lowest BCUT2D eigenvalue weighted by molar-refractivity contribution is 0.276. The number of nitrogens with zero attached hydrogens (tertiary/aromatic N) is 1. The van der Waals surface area contributed by atoms with Gasteiger partial charge in [-0.2, -0.15) is 0 Å². The average Bonchev–Trinajstić information content (AvgIpc) is 2.33. The lowest BCUT2D eigenvalue weighted by Crippen LogP contribution is -1.92. The highest BCUT2D eigenvalue weighted by atomic mass is 16.5. The molecule has 0 saturated heterocycles. The first-order valence-corrected chi connectivity index (χ1v) is 5.08. The second kappa shape index (κ2) is 4.77. The molecule has 16 heavy (non-hydrogen) atoms. The second-order valence-corrected chi connectivity index (χ2v) is 3.56. The first-order chi connectivity index (χ1) is 7.79. The maximum absolute atomic E-state index is 9.12. The highest BCUT2D eigenvalue weighted by Crippen LogP contribution is 2.24. The Morgan fingerprint density at radius 3 is 2.62 bits per heavy atom. The second-order valence-electron chi connectivity index (χ2n) is 3.56. The quantitative estimate of drug-likeness (QED) is 0.855. The van der Waals surface area contributed by atoms with Crippen molar-refractivity contribution in [2.75, 3.05) is 0 Å². The monoisotopic (exact) mass is 215 g/mol. The molecule has 2 aromatic rings. The van der Waals surface area contributed by atoms with Gasteiger partial charge in [-0.25, -0.2) is 0 Å². The molecular weight excluding hydrogens is 202 g/mol. The Hall–Kier alpha value is -1.87. The number of aliphatic hydroxyl groups is 1. The van der Waals surface area contributed by atoms with E-state index in [-0.39, 0.29) is 6.61 Å². The van der Waals surface area contributed by atoms with Gasteiger partial charge < -0.3 is 9.84 Å². The molecule has 2 rings (SSSR count). The molecule has 0 radical (unpaired) electrons. The summed E-state index contributed by atoms with van der Waals surface area (Å²) in [4.78, 5) is 3.93. The largest absolute Gasteiger partial charge is 0.457 e. The van der Waals surface area contributed by atoms with Gasteiger partial charge in [0.15, 0.2) is 0 Å². The Morgan fingerprint density at radius 2 is 1.94 bits per heavy atom. The molecule has 1 aromatic heterocycles. The zero-order valence-corrected chi connectivity index (χ0v) is 9.05. The van der Waals surface area contributed by atoms with Gasteiger partial charge in [0.05, 0.1) is 6.61 Å². The number of benzene rings is 1. The van der Waals surface area contributed by atoms with E-state index in [0.29, 0.717) is 11.3 Å². The molecule has 0 bridgehead atoms. The van der Waals surface area contributed by atoms with E-state index in [1.165, 1.54) is 5.56 Å². The van der Waals surface area contributed by atoms with Gasteiger partial charge in [-0.05, 0) is 25.1 Å². The summed E-state index contributed by atoms with van der Waals surface area (Å²) in [5, 5.41) is 9.12. The summed E-state index contributed by atoms with van der Waals surface area (Å²) < 4.78 is 5.66. The molecule has 1 N–H and O–H groups in total. The van der Waals surface area contributed by atoms with E-state index in [4.69, 9.17) is 9.84 Å². The van der Waals surface area contributed by atoms with Crippen LogP contribution in [-0.2, 0) is 6.61 Å². The minimum Gasteiger partial charge on any atom is -0.457 e. The Morgan fingerprint density at radius 1 is 1.19 bits per heavy atom. The van der Waals surface area contributed by atoms with Crippen molar-refractivity contribution in [3.8, 4) is 11.5 Å². The number of rotatable bonds is 3. The van der Waals surface area contributed by atoms with Crippen molar-refractivity contribution in [3.63, 3.8) is 0 Å². The molecule has 0 atom stereocenters. The van der Waals surface area contributed by atoms with Crippen LogP contribution in [0.15, 0.2) is 42.7 Å². The van der Waals surface area contributed by atoms with Crippen LogP contribution < -0.4 is 4.74 Å². The van der Waals surface area contributed by atoms with E-state index >= 15 is 0 Å². The van der Waals surface area contributed by atoms with Crippen molar-refractivity contribution < 1.29 is 9.84 Å². The van der Waals surface area contributed by atoms with E-state index in [9.17, 15) is 0 Å². The zero-order valence-electron chi connectivity index (χ0n) is 9.05. The third kappa shape index (κ3) is 2.38. The topological polar surface area (TPSA) is 42.4 Å². The van der Waals surface area contributed by atoms with E-state index in [1.807, 2.05) is 31.2 Å². The number of aryl methyl sites for hydroxylation is 1. The Kier molecular flexibility index (Phi) is 3.17. The summed E-state index contributed by atoms with van der Waals surface area (Å²) in [7, 11) is 0. The van der Waals surface area contributed by atoms with Crippen LogP contribution in [-0.4, -0.2) is 10.1 Å². The van der Waals surface area contributed by atoms with Gasteiger partial charge in [-0.15, -0.1) is 0 Å². The van der Waals surface area contributed by atoms with Crippen LogP contribution in [0.4, 0.5) is 0 Å². The Balaban J connectivity index is 2.23. The number of hydrogen-bond donors (Lipinski definition) is 1. The molecule has 0 amide bonds. The first-order valence-electron chi connectivity index (χ1n) is 5.08. The molecule has 82 valence electrons. The number of aromatic nitrogens is 1. The van der Waals surface area contributed by atoms with Crippen molar-refractivity contribution in [3.05, 3.63) is 53.9 Å². The molecule has 0 fully saturated rings. The van der Waals surface area contributed by atoms with Crippen LogP contribution in [0.2, 0.25) is 0 Å². The predicted octanol–water partition coefficient (Wildman–Crippen LogP) is 2.67. The fourth-order valence-corrected chi connectivity index (χ4v) is 1.37. The van der Waals surface area contributed by atoms with Crippen LogP contribution in [0.3, 0.4) is 0 Å². The van der Waals surface area contributed by atoms with E-state index in [0.717, 1.165) is 5.75 Å². The SMILES string of the molecule is Cc1ccc(Oc2ccncc2CO)cc1.